The van der Waals surface area contributed by atoms with Crippen LogP contribution in [0.2, 0.25) is 0 Å². The van der Waals surface area contributed by atoms with Crippen LogP contribution in [0.15, 0.2) is 30.4 Å². The number of cyclic esters (lactones) is 1. The molecule has 0 unspecified atom stereocenters. The Hall–Kier alpha value is -2.72. The van der Waals surface area contributed by atoms with Crippen LogP contribution in [0.5, 0.6) is 11.5 Å². The van der Waals surface area contributed by atoms with Crippen LogP contribution in [0.4, 0.5) is 0 Å². The Balaban J connectivity index is 2.01. The molecule has 0 saturated carbocycles. The van der Waals surface area contributed by atoms with Gasteiger partial charge in [-0.05, 0) is 58.7 Å². The number of hydrogen-bond donors (Lipinski definition) is 0. The maximum atomic E-state index is 13.3. The van der Waals surface area contributed by atoms with Gasteiger partial charge in [0, 0.05) is 25.7 Å². The summed E-state index contributed by atoms with van der Waals surface area (Å²) in [6.45, 7) is 9.99. The number of rotatable bonds is 8. The molecule has 3 atom stereocenters. The van der Waals surface area contributed by atoms with Crippen molar-refractivity contribution in [2.45, 2.75) is 71.6 Å². The summed E-state index contributed by atoms with van der Waals surface area (Å²) >= 11 is 0. The average Bonchev–Trinajstić information content (AvgIpc) is 3.13. The summed E-state index contributed by atoms with van der Waals surface area (Å²) in [5, 5.41) is 0. The second kappa shape index (κ2) is 13.0. The van der Waals surface area contributed by atoms with Crippen LogP contribution in [-0.4, -0.2) is 62.7 Å². The van der Waals surface area contributed by atoms with Gasteiger partial charge in [0.2, 0.25) is 0 Å². The third kappa shape index (κ3) is 7.64. The molecule has 9 nitrogen and oxygen atoms in total. The van der Waals surface area contributed by atoms with Gasteiger partial charge in [-0.15, -0.1) is 0 Å². The van der Waals surface area contributed by atoms with Gasteiger partial charge in [-0.1, -0.05) is 18.2 Å². The van der Waals surface area contributed by atoms with E-state index in [0.717, 1.165) is 0 Å². The fraction of sp³-hybridized carbons (Fsp3) is 0.556. The van der Waals surface area contributed by atoms with Crippen LogP contribution in [0.25, 0.3) is 6.08 Å². The van der Waals surface area contributed by atoms with Crippen molar-refractivity contribution in [1.29, 1.82) is 0 Å². The van der Waals surface area contributed by atoms with E-state index in [0.29, 0.717) is 37.4 Å². The lowest BCUT2D eigenvalue weighted by Crippen LogP contribution is -2.30. The summed E-state index contributed by atoms with van der Waals surface area (Å²) < 4.78 is 39.7. The minimum absolute atomic E-state index is 0.0424. The predicted molar refractivity (Wildman–Crippen MR) is 132 cm³/mol. The van der Waals surface area contributed by atoms with Gasteiger partial charge in [-0.2, -0.15) is 0 Å². The molecule has 0 radical (unpaired) electrons. The first-order chi connectivity index (χ1) is 17.2. The highest BCUT2D eigenvalue weighted by atomic mass is 16.8. The van der Waals surface area contributed by atoms with E-state index in [9.17, 15) is 9.59 Å². The number of carbonyl (C=O) groups excluding carboxylic acids is 2. The largest absolute Gasteiger partial charge is 0.467 e. The fourth-order valence-electron chi connectivity index (χ4n) is 3.88. The highest BCUT2D eigenvalue weighted by Gasteiger charge is 2.43. The zero-order valence-corrected chi connectivity index (χ0v) is 21.6. The van der Waals surface area contributed by atoms with E-state index >= 15 is 0 Å². The Morgan fingerprint density at radius 3 is 2.36 bits per heavy atom. The van der Waals surface area contributed by atoms with Crippen molar-refractivity contribution in [3.8, 4) is 11.5 Å². The predicted octanol–water partition coefficient (Wildman–Crippen LogP) is 4.43. The van der Waals surface area contributed by atoms with Crippen molar-refractivity contribution in [2.75, 3.05) is 26.8 Å². The number of carbonyl (C=O) groups is 2. The number of benzene rings is 1. The number of fused-ring (bicyclic) bond motifs is 2. The number of ketones is 1. The minimum atomic E-state index is -0.883. The summed E-state index contributed by atoms with van der Waals surface area (Å²) in [4.78, 5) is 26.0. The fourth-order valence-corrected chi connectivity index (χ4v) is 3.88. The molecule has 0 spiro atoms. The lowest BCUT2D eigenvalue weighted by atomic mass is 10.0. The van der Waals surface area contributed by atoms with Gasteiger partial charge < -0.3 is 33.2 Å². The van der Waals surface area contributed by atoms with Gasteiger partial charge in [0.1, 0.15) is 29.3 Å². The van der Waals surface area contributed by atoms with Gasteiger partial charge in [0.05, 0.1) is 6.10 Å². The smallest absolute Gasteiger partial charge is 0.342 e. The van der Waals surface area contributed by atoms with E-state index in [1.54, 1.807) is 45.1 Å². The first kappa shape index (κ1) is 27.9. The maximum Gasteiger partial charge on any atom is 0.342 e. The van der Waals surface area contributed by atoms with Gasteiger partial charge in [0.25, 0.3) is 0 Å². The van der Waals surface area contributed by atoms with Crippen molar-refractivity contribution in [2.24, 2.45) is 0 Å². The summed E-state index contributed by atoms with van der Waals surface area (Å²) in [5.74, 6) is -0.898. The number of hydrogen-bond acceptors (Lipinski definition) is 9. The Morgan fingerprint density at radius 1 is 0.944 bits per heavy atom. The van der Waals surface area contributed by atoms with Gasteiger partial charge in [-0.3, -0.25) is 4.79 Å². The Labute approximate surface area is 212 Å². The lowest BCUT2D eigenvalue weighted by molar-refractivity contribution is -0.152. The molecule has 2 heterocycles. The van der Waals surface area contributed by atoms with Crippen LogP contribution >= 0.6 is 0 Å². The molecule has 3 rings (SSSR count). The molecule has 1 saturated heterocycles. The Bertz CT molecular complexity index is 966. The summed E-state index contributed by atoms with van der Waals surface area (Å²) in [6, 6.07) is 3.33. The first-order valence-corrected chi connectivity index (χ1v) is 12.3. The van der Waals surface area contributed by atoms with E-state index < -0.39 is 30.1 Å². The van der Waals surface area contributed by atoms with Crippen LogP contribution in [0.3, 0.4) is 0 Å². The molecule has 2 aliphatic rings. The summed E-state index contributed by atoms with van der Waals surface area (Å²) in [7, 11) is 0. The molecule has 1 fully saturated rings. The molecule has 0 amide bonds. The molecule has 1 aromatic rings. The van der Waals surface area contributed by atoms with Gasteiger partial charge in [0.15, 0.2) is 25.2 Å². The van der Waals surface area contributed by atoms with E-state index in [2.05, 4.69) is 0 Å². The quantitative estimate of drug-likeness (QED) is 0.289. The standard InChI is InChI=1S/C27H36O9/c1-6-30-16-32-20-14-19-11-9-13-22-25(36-27(4,5)35-22)21(28)12-8-10-18(3)34-26(29)24(19)23(15-20)33-17-31-7-2/h8-9,11-12,14-15,18,22,25H,6-7,10,13,16-17H2,1-5H3/b11-9+,12-8-/t18-,22-,25+/m0/s1. The minimum Gasteiger partial charge on any atom is -0.467 e. The van der Waals surface area contributed by atoms with E-state index in [1.807, 2.05) is 19.9 Å². The molecule has 36 heavy (non-hydrogen) atoms. The second-order valence-corrected chi connectivity index (χ2v) is 8.88. The highest BCUT2D eigenvalue weighted by molar-refractivity contribution is 5.97. The van der Waals surface area contributed by atoms with Crippen LogP contribution in [0, 0.1) is 0 Å². The van der Waals surface area contributed by atoms with Crippen LogP contribution in [-0.2, 0) is 28.5 Å². The molecule has 0 N–H and O–H groups in total. The van der Waals surface area contributed by atoms with Crippen molar-refractivity contribution in [1.82, 2.24) is 0 Å². The van der Waals surface area contributed by atoms with Gasteiger partial charge in [-0.25, -0.2) is 4.79 Å². The molecule has 2 aliphatic heterocycles. The summed E-state index contributed by atoms with van der Waals surface area (Å²) in [5.41, 5.74) is 0.778. The maximum absolute atomic E-state index is 13.3. The van der Waals surface area contributed by atoms with E-state index in [4.69, 9.17) is 33.2 Å². The Kier molecular flexibility index (Phi) is 10.1. The first-order valence-electron chi connectivity index (χ1n) is 12.3. The SMILES string of the molecule is CCOCOc1cc2c(c(OCOCC)c1)C(=O)O[C@@H](C)C/C=C\C(=O)[C@H]1OC(C)(C)O[C@H]1C/C=C/2. The molecule has 0 aromatic heterocycles. The van der Waals surface area contributed by atoms with Crippen molar-refractivity contribution < 1.29 is 42.7 Å². The monoisotopic (exact) mass is 504 g/mol. The molecule has 9 heteroatoms. The Morgan fingerprint density at radius 2 is 1.64 bits per heavy atom. The molecule has 198 valence electrons. The highest BCUT2D eigenvalue weighted by Crippen LogP contribution is 2.34. The second-order valence-electron chi connectivity index (χ2n) is 8.88. The van der Waals surface area contributed by atoms with Crippen molar-refractivity contribution >= 4 is 17.8 Å². The topological polar surface area (TPSA) is 98.8 Å². The van der Waals surface area contributed by atoms with E-state index in [1.165, 1.54) is 6.08 Å². The zero-order valence-electron chi connectivity index (χ0n) is 21.6. The third-order valence-corrected chi connectivity index (χ3v) is 5.51. The molecule has 0 aliphatic carbocycles. The van der Waals surface area contributed by atoms with Crippen molar-refractivity contribution in [3.63, 3.8) is 0 Å². The molecular formula is C27H36O9. The summed E-state index contributed by atoms with van der Waals surface area (Å²) in [6.07, 6.45) is 5.80. The number of esters is 1. The zero-order chi connectivity index (χ0) is 26.1. The number of ether oxygens (including phenoxy) is 7. The van der Waals surface area contributed by atoms with Crippen molar-refractivity contribution in [3.05, 3.63) is 41.5 Å². The molecule has 1 aromatic carbocycles. The molecule has 0 bridgehead atoms. The van der Waals surface area contributed by atoms with E-state index in [-0.39, 0.29) is 30.7 Å². The van der Waals surface area contributed by atoms with Crippen LogP contribution < -0.4 is 9.47 Å². The molecular weight excluding hydrogens is 468 g/mol. The third-order valence-electron chi connectivity index (χ3n) is 5.51. The van der Waals surface area contributed by atoms with Gasteiger partial charge >= 0.3 is 5.97 Å². The lowest BCUT2D eigenvalue weighted by Gasteiger charge is -2.18. The average molecular weight is 505 g/mol. The van der Waals surface area contributed by atoms with Crippen LogP contribution in [0.1, 0.15) is 63.4 Å². The normalized spacial score (nSPS) is 25.8.